The number of nitrogens with zero attached hydrogens (tertiary/aromatic N) is 2. The fourth-order valence-electron chi connectivity index (χ4n) is 2.31. The first-order valence-electron chi connectivity index (χ1n) is 6.71. The minimum Gasteiger partial charge on any atom is -0.508 e. The SMILES string of the molecule is NS(=O)(=O)c1ccc(N2CCC(c3ccc(O)cc3)=N2)cc1. The lowest BCUT2D eigenvalue weighted by Gasteiger charge is -2.13. The van der Waals surface area contributed by atoms with Gasteiger partial charge in [-0.05, 0) is 54.1 Å². The Kier molecular flexibility index (Phi) is 3.59. The third-order valence-corrected chi connectivity index (χ3v) is 4.39. The highest BCUT2D eigenvalue weighted by molar-refractivity contribution is 7.89. The Balaban J connectivity index is 1.83. The summed E-state index contributed by atoms with van der Waals surface area (Å²) >= 11 is 0. The van der Waals surface area contributed by atoms with Crippen LogP contribution in [0.15, 0.2) is 58.5 Å². The van der Waals surface area contributed by atoms with Crippen LogP contribution < -0.4 is 10.1 Å². The van der Waals surface area contributed by atoms with Crippen molar-refractivity contribution in [2.75, 3.05) is 11.6 Å². The molecule has 2 aromatic rings. The van der Waals surface area contributed by atoms with E-state index in [1.165, 1.54) is 12.1 Å². The maximum absolute atomic E-state index is 11.2. The molecular formula is C15H15N3O3S. The monoisotopic (exact) mass is 317 g/mol. The van der Waals surface area contributed by atoms with E-state index in [4.69, 9.17) is 5.14 Å². The molecule has 0 aromatic heterocycles. The van der Waals surface area contributed by atoms with Crippen molar-refractivity contribution in [2.45, 2.75) is 11.3 Å². The van der Waals surface area contributed by atoms with Crippen molar-refractivity contribution in [3.63, 3.8) is 0 Å². The number of phenols is 1. The molecule has 0 radical (unpaired) electrons. The molecule has 1 aliphatic heterocycles. The van der Waals surface area contributed by atoms with Crippen LogP contribution in [0.4, 0.5) is 5.69 Å². The predicted octanol–water partition coefficient (Wildman–Crippen LogP) is 1.65. The lowest BCUT2D eigenvalue weighted by atomic mass is 10.1. The van der Waals surface area contributed by atoms with Gasteiger partial charge in [-0.2, -0.15) is 5.10 Å². The lowest BCUT2D eigenvalue weighted by Crippen LogP contribution is -2.14. The molecule has 0 saturated carbocycles. The number of primary sulfonamides is 1. The van der Waals surface area contributed by atoms with E-state index in [0.29, 0.717) is 6.54 Å². The molecule has 2 aromatic carbocycles. The molecule has 0 fully saturated rings. The van der Waals surface area contributed by atoms with E-state index in [0.717, 1.165) is 23.4 Å². The molecule has 3 N–H and O–H groups in total. The van der Waals surface area contributed by atoms with Gasteiger partial charge in [-0.15, -0.1) is 0 Å². The molecule has 3 rings (SSSR count). The van der Waals surface area contributed by atoms with Crippen LogP contribution in [-0.4, -0.2) is 25.8 Å². The average molecular weight is 317 g/mol. The summed E-state index contributed by atoms with van der Waals surface area (Å²) in [6.45, 7) is 0.713. The Bertz CT molecular complexity index is 812. The van der Waals surface area contributed by atoms with E-state index in [2.05, 4.69) is 5.10 Å². The molecule has 114 valence electrons. The highest BCUT2D eigenvalue weighted by Gasteiger charge is 2.18. The number of phenolic OH excluding ortho intramolecular Hbond substituents is 1. The maximum Gasteiger partial charge on any atom is 0.238 e. The van der Waals surface area contributed by atoms with Crippen LogP contribution in [0.25, 0.3) is 0 Å². The van der Waals surface area contributed by atoms with E-state index < -0.39 is 10.0 Å². The molecule has 6 nitrogen and oxygen atoms in total. The van der Waals surface area contributed by atoms with Crippen molar-refractivity contribution in [1.82, 2.24) is 0 Å². The van der Waals surface area contributed by atoms with E-state index in [1.807, 2.05) is 17.1 Å². The quantitative estimate of drug-likeness (QED) is 0.899. The Morgan fingerprint density at radius 3 is 2.27 bits per heavy atom. The third kappa shape index (κ3) is 2.95. The number of rotatable bonds is 3. The normalized spacial score (nSPS) is 15.0. The van der Waals surface area contributed by atoms with Gasteiger partial charge in [0.1, 0.15) is 5.75 Å². The van der Waals surface area contributed by atoms with Gasteiger partial charge in [-0.25, -0.2) is 13.6 Å². The van der Waals surface area contributed by atoms with E-state index in [-0.39, 0.29) is 10.6 Å². The van der Waals surface area contributed by atoms with Crippen molar-refractivity contribution >= 4 is 21.4 Å². The largest absolute Gasteiger partial charge is 0.508 e. The van der Waals surface area contributed by atoms with Crippen molar-refractivity contribution in [3.05, 3.63) is 54.1 Å². The first-order chi connectivity index (χ1) is 10.4. The molecule has 0 spiro atoms. The highest BCUT2D eigenvalue weighted by atomic mass is 32.2. The highest BCUT2D eigenvalue weighted by Crippen LogP contribution is 2.23. The summed E-state index contributed by atoms with van der Waals surface area (Å²) in [6.07, 6.45) is 0.779. The van der Waals surface area contributed by atoms with Gasteiger partial charge < -0.3 is 5.11 Å². The van der Waals surface area contributed by atoms with Gasteiger partial charge in [-0.3, -0.25) is 5.01 Å². The topological polar surface area (TPSA) is 96.0 Å². The summed E-state index contributed by atoms with van der Waals surface area (Å²) in [7, 11) is -3.68. The Morgan fingerprint density at radius 1 is 1.05 bits per heavy atom. The molecule has 0 saturated heterocycles. The minimum atomic E-state index is -3.68. The molecule has 1 aliphatic rings. The standard InChI is InChI=1S/C15H15N3O3S/c16-22(20,21)14-7-3-12(4-8-14)18-10-9-15(17-18)11-1-5-13(19)6-2-11/h1-8,19H,9-10H2,(H2,16,20,21). The van der Waals surface area contributed by atoms with Crippen molar-refractivity contribution < 1.29 is 13.5 Å². The summed E-state index contributed by atoms with van der Waals surface area (Å²) in [5.41, 5.74) is 2.69. The van der Waals surface area contributed by atoms with Crippen molar-refractivity contribution in [3.8, 4) is 5.75 Å². The fourth-order valence-corrected chi connectivity index (χ4v) is 2.82. The molecule has 0 aliphatic carbocycles. The second kappa shape index (κ2) is 5.43. The summed E-state index contributed by atoms with van der Waals surface area (Å²) in [5, 5.41) is 20.7. The van der Waals surface area contributed by atoms with E-state index >= 15 is 0 Å². The second-order valence-electron chi connectivity index (χ2n) is 5.01. The van der Waals surface area contributed by atoms with Gasteiger partial charge in [0.05, 0.1) is 16.3 Å². The number of anilines is 1. The lowest BCUT2D eigenvalue weighted by molar-refractivity contribution is 0.475. The van der Waals surface area contributed by atoms with Crippen LogP contribution in [0, 0.1) is 0 Å². The van der Waals surface area contributed by atoms with Gasteiger partial charge in [0.25, 0.3) is 0 Å². The molecule has 7 heteroatoms. The Hall–Kier alpha value is -2.38. The minimum absolute atomic E-state index is 0.0817. The van der Waals surface area contributed by atoms with Crippen LogP contribution in [0.3, 0.4) is 0 Å². The van der Waals surface area contributed by atoms with Crippen LogP contribution in [0.1, 0.15) is 12.0 Å². The molecular weight excluding hydrogens is 302 g/mol. The number of nitrogens with two attached hydrogens (primary N) is 1. The number of benzene rings is 2. The Morgan fingerprint density at radius 2 is 1.68 bits per heavy atom. The molecule has 0 amide bonds. The zero-order valence-electron chi connectivity index (χ0n) is 11.7. The number of hydrazone groups is 1. The smallest absolute Gasteiger partial charge is 0.238 e. The van der Waals surface area contributed by atoms with Gasteiger partial charge in [-0.1, -0.05) is 0 Å². The Labute approximate surface area is 128 Å². The number of sulfonamides is 1. The fraction of sp³-hybridized carbons (Fsp3) is 0.133. The van der Waals surface area contributed by atoms with Crippen molar-refractivity contribution in [2.24, 2.45) is 10.2 Å². The van der Waals surface area contributed by atoms with Gasteiger partial charge in [0.2, 0.25) is 10.0 Å². The predicted molar refractivity (Wildman–Crippen MR) is 84.4 cm³/mol. The molecule has 0 bridgehead atoms. The van der Waals surface area contributed by atoms with Crippen LogP contribution in [-0.2, 0) is 10.0 Å². The van der Waals surface area contributed by atoms with Gasteiger partial charge >= 0.3 is 0 Å². The number of hydrogen-bond acceptors (Lipinski definition) is 5. The zero-order valence-corrected chi connectivity index (χ0v) is 12.5. The van der Waals surface area contributed by atoms with Crippen molar-refractivity contribution in [1.29, 1.82) is 0 Å². The van der Waals surface area contributed by atoms with E-state index in [9.17, 15) is 13.5 Å². The molecule has 0 atom stereocenters. The maximum atomic E-state index is 11.2. The summed E-state index contributed by atoms with van der Waals surface area (Å²) in [6, 6.07) is 13.2. The molecule has 1 heterocycles. The van der Waals surface area contributed by atoms with Crippen LogP contribution in [0.2, 0.25) is 0 Å². The molecule has 22 heavy (non-hydrogen) atoms. The van der Waals surface area contributed by atoms with Gasteiger partial charge in [0, 0.05) is 13.0 Å². The second-order valence-corrected chi connectivity index (χ2v) is 6.57. The first kappa shape index (κ1) is 14.6. The van der Waals surface area contributed by atoms with Gasteiger partial charge in [0.15, 0.2) is 0 Å². The summed E-state index contributed by atoms with van der Waals surface area (Å²) in [5.74, 6) is 0.220. The molecule has 0 unspecified atom stereocenters. The third-order valence-electron chi connectivity index (χ3n) is 3.47. The summed E-state index contributed by atoms with van der Waals surface area (Å²) in [4.78, 5) is 0.0817. The average Bonchev–Trinajstić information content (AvgIpc) is 2.97. The first-order valence-corrected chi connectivity index (χ1v) is 8.25. The zero-order chi connectivity index (χ0) is 15.7. The summed E-state index contributed by atoms with van der Waals surface area (Å²) < 4.78 is 22.5. The number of hydrogen-bond donors (Lipinski definition) is 2. The number of aromatic hydroxyl groups is 1. The van der Waals surface area contributed by atoms with Crippen LogP contribution >= 0.6 is 0 Å². The van der Waals surface area contributed by atoms with E-state index in [1.54, 1.807) is 24.3 Å². The van der Waals surface area contributed by atoms with Crippen LogP contribution in [0.5, 0.6) is 5.75 Å².